The van der Waals surface area contributed by atoms with E-state index >= 15 is 0 Å². The summed E-state index contributed by atoms with van der Waals surface area (Å²) >= 11 is 0. The highest BCUT2D eigenvalue weighted by atomic mass is 32.2. The second kappa shape index (κ2) is 13.2. The van der Waals surface area contributed by atoms with E-state index < -0.39 is 22.5 Å². The van der Waals surface area contributed by atoms with Crippen LogP contribution in [0.25, 0.3) is 0 Å². The molecule has 200 valence electrons. The third-order valence-electron chi connectivity index (χ3n) is 5.35. The highest BCUT2D eigenvalue weighted by Crippen LogP contribution is 2.23. The Balaban J connectivity index is 1.50. The largest absolute Gasteiger partial charge is 0.495 e. The summed E-state index contributed by atoms with van der Waals surface area (Å²) in [6.45, 7) is 1.39. The molecule has 0 radical (unpaired) electrons. The van der Waals surface area contributed by atoms with Crippen LogP contribution in [0.15, 0.2) is 77.9 Å². The van der Waals surface area contributed by atoms with Gasteiger partial charge in [0.25, 0.3) is 11.8 Å². The lowest BCUT2D eigenvalue weighted by Gasteiger charge is -2.21. The van der Waals surface area contributed by atoms with Gasteiger partial charge in [-0.25, -0.2) is 13.8 Å². The molecule has 3 rings (SSSR count). The van der Waals surface area contributed by atoms with E-state index in [4.69, 9.17) is 9.47 Å². The topological polar surface area (TPSA) is 126 Å². The number of methoxy groups -OCH3 is 1. The van der Waals surface area contributed by atoms with Crippen LogP contribution < -0.4 is 24.5 Å². The lowest BCUT2D eigenvalue weighted by molar-refractivity contribution is -0.119. The molecule has 0 spiro atoms. The van der Waals surface area contributed by atoms with Gasteiger partial charge in [-0.15, -0.1) is 0 Å². The quantitative estimate of drug-likeness (QED) is 0.269. The standard InChI is InChI=1S/C27H30N4O6S/c1-4-20-9-13-22(14-10-20)31(38(3,34)35)18-26(32)30-28-17-21-11-15-23(16-12-21)37-19-27(33)29-24-7-5-6-8-25(24)36-2/h5-17H,4,18-19H2,1-3H3,(H,29,33)(H,30,32)/b28-17-. The number of nitrogens with one attached hydrogen (secondary N) is 2. The molecule has 11 heteroatoms. The van der Waals surface area contributed by atoms with Crippen molar-refractivity contribution in [2.24, 2.45) is 5.10 Å². The molecule has 0 heterocycles. The van der Waals surface area contributed by atoms with Gasteiger partial charge in [-0.1, -0.05) is 31.2 Å². The minimum Gasteiger partial charge on any atom is -0.495 e. The molecule has 10 nitrogen and oxygen atoms in total. The average Bonchev–Trinajstić information content (AvgIpc) is 2.91. The fraction of sp³-hybridized carbons (Fsp3) is 0.222. The Morgan fingerprint density at radius 1 is 0.974 bits per heavy atom. The number of aryl methyl sites for hydroxylation is 1. The molecule has 0 aromatic heterocycles. The molecule has 0 aliphatic rings. The fourth-order valence-corrected chi connectivity index (χ4v) is 4.23. The number of hydrogen-bond donors (Lipinski definition) is 2. The summed E-state index contributed by atoms with van der Waals surface area (Å²) in [4.78, 5) is 24.6. The molecule has 0 aliphatic carbocycles. The van der Waals surface area contributed by atoms with E-state index in [-0.39, 0.29) is 12.5 Å². The summed E-state index contributed by atoms with van der Waals surface area (Å²) in [7, 11) is -2.15. The maximum absolute atomic E-state index is 12.4. The monoisotopic (exact) mass is 538 g/mol. The number of anilines is 2. The molecule has 2 amide bonds. The number of para-hydroxylation sites is 2. The van der Waals surface area contributed by atoms with Crippen LogP contribution in [-0.4, -0.2) is 53.0 Å². The predicted octanol–water partition coefficient (Wildman–Crippen LogP) is 3.19. The molecule has 0 saturated heterocycles. The normalized spacial score (nSPS) is 11.1. The van der Waals surface area contributed by atoms with Crippen molar-refractivity contribution in [2.45, 2.75) is 13.3 Å². The first-order valence-electron chi connectivity index (χ1n) is 11.7. The van der Waals surface area contributed by atoms with Gasteiger partial charge in [0.2, 0.25) is 10.0 Å². The van der Waals surface area contributed by atoms with Crippen molar-refractivity contribution in [1.29, 1.82) is 0 Å². The first-order valence-corrected chi connectivity index (χ1v) is 13.6. The second-order valence-corrected chi connectivity index (χ2v) is 10.1. The van der Waals surface area contributed by atoms with E-state index in [1.807, 2.05) is 19.1 Å². The minimum absolute atomic E-state index is 0.195. The van der Waals surface area contributed by atoms with E-state index in [2.05, 4.69) is 15.8 Å². The van der Waals surface area contributed by atoms with Gasteiger partial charge < -0.3 is 14.8 Å². The zero-order valence-corrected chi connectivity index (χ0v) is 22.2. The van der Waals surface area contributed by atoms with E-state index in [0.29, 0.717) is 28.4 Å². The molecular weight excluding hydrogens is 508 g/mol. The van der Waals surface area contributed by atoms with Gasteiger partial charge in [0.05, 0.1) is 31.0 Å². The SMILES string of the molecule is CCc1ccc(N(CC(=O)N/N=C\c2ccc(OCC(=O)Nc3ccccc3OC)cc2)S(C)(=O)=O)cc1. The molecule has 38 heavy (non-hydrogen) atoms. The Kier molecular flexibility index (Phi) is 9.83. The lowest BCUT2D eigenvalue weighted by Crippen LogP contribution is -2.39. The van der Waals surface area contributed by atoms with Crippen molar-refractivity contribution in [3.05, 3.63) is 83.9 Å². The van der Waals surface area contributed by atoms with Gasteiger partial charge in [-0.2, -0.15) is 5.10 Å². The van der Waals surface area contributed by atoms with Gasteiger partial charge in [-0.3, -0.25) is 13.9 Å². The Hall–Kier alpha value is -4.38. The number of nitrogens with zero attached hydrogens (tertiary/aromatic N) is 2. The Bertz CT molecular complexity index is 1370. The van der Waals surface area contributed by atoms with Crippen molar-refractivity contribution < 1.29 is 27.5 Å². The Morgan fingerprint density at radius 2 is 1.66 bits per heavy atom. The van der Waals surface area contributed by atoms with Crippen LogP contribution in [0.4, 0.5) is 11.4 Å². The highest BCUT2D eigenvalue weighted by Gasteiger charge is 2.20. The van der Waals surface area contributed by atoms with Crippen LogP contribution in [0.1, 0.15) is 18.1 Å². The number of carbonyl (C=O) groups excluding carboxylic acids is 2. The van der Waals surface area contributed by atoms with E-state index in [1.165, 1.54) is 13.3 Å². The zero-order chi connectivity index (χ0) is 27.5. The molecule has 0 aliphatic heterocycles. The van der Waals surface area contributed by atoms with E-state index in [1.54, 1.807) is 60.7 Å². The molecule has 3 aromatic carbocycles. The molecule has 3 aromatic rings. The summed E-state index contributed by atoms with van der Waals surface area (Å²) in [6, 6.07) is 20.8. The fourth-order valence-electron chi connectivity index (χ4n) is 3.38. The molecule has 0 unspecified atom stereocenters. The van der Waals surface area contributed by atoms with Crippen molar-refractivity contribution in [3.8, 4) is 11.5 Å². The number of hydrogen-bond acceptors (Lipinski definition) is 7. The van der Waals surface area contributed by atoms with Crippen molar-refractivity contribution in [3.63, 3.8) is 0 Å². The molecular formula is C27H30N4O6S. The smallest absolute Gasteiger partial charge is 0.262 e. The zero-order valence-electron chi connectivity index (χ0n) is 21.4. The maximum atomic E-state index is 12.4. The number of carbonyl (C=O) groups is 2. The van der Waals surface area contributed by atoms with Crippen molar-refractivity contribution in [1.82, 2.24) is 5.43 Å². The predicted molar refractivity (Wildman–Crippen MR) is 147 cm³/mol. The van der Waals surface area contributed by atoms with Crippen LogP contribution in [0.2, 0.25) is 0 Å². The van der Waals surface area contributed by atoms with Gasteiger partial charge in [-0.05, 0) is 66.1 Å². The molecule has 0 bridgehead atoms. The van der Waals surface area contributed by atoms with Gasteiger partial charge in [0.15, 0.2) is 6.61 Å². The van der Waals surface area contributed by atoms with E-state index in [0.717, 1.165) is 22.5 Å². The highest BCUT2D eigenvalue weighted by molar-refractivity contribution is 7.92. The number of ether oxygens (including phenoxy) is 2. The molecule has 2 N–H and O–H groups in total. The number of rotatable bonds is 12. The summed E-state index contributed by atoms with van der Waals surface area (Å²) in [5, 5.41) is 6.63. The summed E-state index contributed by atoms with van der Waals surface area (Å²) < 4.78 is 36.2. The van der Waals surface area contributed by atoms with Crippen LogP contribution >= 0.6 is 0 Å². The Morgan fingerprint density at radius 3 is 2.29 bits per heavy atom. The van der Waals surface area contributed by atoms with Crippen molar-refractivity contribution >= 4 is 39.4 Å². The van der Waals surface area contributed by atoms with E-state index in [9.17, 15) is 18.0 Å². The third-order valence-corrected chi connectivity index (χ3v) is 6.49. The number of amides is 2. The van der Waals surface area contributed by atoms with Gasteiger partial charge in [0.1, 0.15) is 18.0 Å². The average molecular weight is 539 g/mol. The van der Waals surface area contributed by atoms with Crippen LogP contribution in [0.3, 0.4) is 0 Å². The first kappa shape index (κ1) is 28.2. The van der Waals surface area contributed by atoms with Crippen molar-refractivity contribution in [2.75, 3.05) is 36.1 Å². The number of benzene rings is 3. The van der Waals surface area contributed by atoms with Crippen LogP contribution in [-0.2, 0) is 26.0 Å². The van der Waals surface area contributed by atoms with Crippen LogP contribution in [0.5, 0.6) is 11.5 Å². The molecule has 0 atom stereocenters. The summed E-state index contributed by atoms with van der Waals surface area (Å²) in [6.07, 6.45) is 3.28. The third kappa shape index (κ3) is 8.34. The van der Waals surface area contributed by atoms with Gasteiger partial charge >= 0.3 is 0 Å². The lowest BCUT2D eigenvalue weighted by atomic mass is 10.1. The maximum Gasteiger partial charge on any atom is 0.262 e. The van der Waals surface area contributed by atoms with Gasteiger partial charge in [0, 0.05) is 0 Å². The minimum atomic E-state index is -3.68. The molecule has 0 fully saturated rings. The Labute approximate surface area is 222 Å². The first-order chi connectivity index (χ1) is 18.2. The molecule has 0 saturated carbocycles. The summed E-state index contributed by atoms with van der Waals surface area (Å²) in [5.41, 5.74) is 5.01. The number of hydrazone groups is 1. The van der Waals surface area contributed by atoms with Crippen LogP contribution in [0, 0.1) is 0 Å². The number of sulfonamides is 1. The second-order valence-electron chi connectivity index (χ2n) is 8.19. The summed E-state index contributed by atoms with van der Waals surface area (Å²) in [5.74, 6) is 0.0880.